The molecule has 1 heterocycles. The van der Waals surface area contributed by atoms with Crippen LogP contribution < -0.4 is 5.32 Å². The van der Waals surface area contributed by atoms with Crippen LogP contribution in [0.4, 0.5) is 0 Å². The summed E-state index contributed by atoms with van der Waals surface area (Å²) in [4.78, 5) is 0. The maximum Gasteiger partial charge on any atom is 0.00953 e. The lowest BCUT2D eigenvalue weighted by Crippen LogP contribution is -2.32. The van der Waals surface area contributed by atoms with Gasteiger partial charge >= 0.3 is 0 Å². The number of rotatable bonds is 5. The fraction of sp³-hybridized carbons (Fsp3) is 0.692. The number of nitrogens with one attached hydrogen (secondary N) is 1. The van der Waals surface area contributed by atoms with Crippen molar-refractivity contribution < 1.29 is 0 Å². The first kappa shape index (κ1) is 11.2. The van der Waals surface area contributed by atoms with Gasteiger partial charge in [0.15, 0.2) is 0 Å². The summed E-state index contributed by atoms with van der Waals surface area (Å²) in [5, 5.41) is 8.10. The van der Waals surface area contributed by atoms with Crippen LogP contribution in [0.25, 0.3) is 0 Å². The Kier molecular flexibility index (Phi) is 4.21. The molecule has 0 amide bonds. The standard InChI is InChI=1S/C13H21NS/c1-2-14-13-5-3-4-12(13)7-6-11-8-9-15-10-11/h8-10,12-14H,2-7H2,1H3. The minimum atomic E-state index is 0.800. The fourth-order valence-electron chi connectivity index (χ4n) is 2.70. The molecule has 2 rings (SSSR count). The van der Waals surface area contributed by atoms with Gasteiger partial charge in [-0.05, 0) is 60.5 Å². The van der Waals surface area contributed by atoms with Crippen LogP contribution in [0.3, 0.4) is 0 Å². The zero-order chi connectivity index (χ0) is 10.5. The highest BCUT2D eigenvalue weighted by Gasteiger charge is 2.25. The first-order valence-electron chi connectivity index (χ1n) is 6.14. The second-order valence-corrected chi connectivity index (χ2v) is 5.31. The lowest BCUT2D eigenvalue weighted by Gasteiger charge is -2.19. The van der Waals surface area contributed by atoms with Crippen LogP contribution in [0.5, 0.6) is 0 Å². The van der Waals surface area contributed by atoms with Gasteiger partial charge in [0.2, 0.25) is 0 Å². The molecular formula is C13H21NS. The van der Waals surface area contributed by atoms with Crippen molar-refractivity contribution in [3.05, 3.63) is 22.4 Å². The molecule has 0 radical (unpaired) electrons. The van der Waals surface area contributed by atoms with Crippen LogP contribution in [0, 0.1) is 5.92 Å². The summed E-state index contributed by atoms with van der Waals surface area (Å²) in [6, 6.07) is 3.07. The van der Waals surface area contributed by atoms with Gasteiger partial charge in [0.25, 0.3) is 0 Å². The Hall–Kier alpha value is -0.340. The van der Waals surface area contributed by atoms with E-state index < -0.39 is 0 Å². The van der Waals surface area contributed by atoms with Gasteiger partial charge in [0, 0.05) is 6.04 Å². The van der Waals surface area contributed by atoms with Crippen molar-refractivity contribution in [1.29, 1.82) is 0 Å². The third kappa shape index (κ3) is 3.05. The summed E-state index contributed by atoms with van der Waals surface area (Å²) in [6.07, 6.45) is 6.89. The Bertz CT molecular complexity index is 268. The molecule has 1 N–H and O–H groups in total. The molecule has 2 heteroatoms. The summed E-state index contributed by atoms with van der Waals surface area (Å²) in [5.74, 6) is 0.921. The van der Waals surface area contributed by atoms with Gasteiger partial charge in [-0.3, -0.25) is 0 Å². The smallest absolute Gasteiger partial charge is 0.00953 e. The van der Waals surface area contributed by atoms with E-state index in [-0.39, 0.29) is 0 Å². The lowest BCUT2D eigenvalue weighted by atomic mass is 9.96. The highest BCUT2D eigenvalue weighted by atomic mass is 32.1. The second-order valence-electron chi connectivity index (χ2n) is 4.53. The summed E-state index contributed by atoms with van der Waals surface area (Å²) in [5.41, 5.74) is 1.53. The van der Waals surface area contributed by atoms with E-state index in [1.54, 1.807) is 0 Å². The number of thiophene rings is 1. The van der Waals surface area contributed by atoms with E-state index in [1.807, 2.05) is 11.3 Å². The van der Waals surface area contributed by atoms with Gasteiger partial charge in [-0.15, -0.1) is 0 Å². The van der Waals surface area contributed by atoms with Gasteiger partial charge in [0.1, 0.15) is 0 Å². The molecule has 0 saturated heterocycles. The van der Waals surface area contributed by atoms with Crippen molar-refractivity contribution in [3.63, 3.8) is 0 Å². The zero-order valence-electron chi connectivity index (χ0n) is 9.54. The summed E-state index contributed by atoms with van der Waals surface area (Å²) >= 11 is 1.82. The van der Waals surface area contributed by atoms with Crippen molar-refractivity contribution in [2.75, 3.05) is 6.54 Å². The molecule has 1 aliphatic carbocycles. The Morgan fingerprint density at radius 3 is 3.13 bits per heavy atom. The molecule has 0 aromatic carbocycles. The molecule has 2 unspecified atom stereocenters. The minimum absolute atomic E-state index is 0.800. The van der Waals surface area contributed by atoms with E-state index in [1.165, 1.54) is 37.7 Å². The van der Waals surface area contributed by atoms with E-state index in [0.29, 0.717) is 0 Å². The molecule has 1 aliphatic rings. The summed E-state index contributed by atoms with van der Waals surface area (Å²) in [7, 11) is 0. The van der Waals surface area contributed by atoms with Crippen molar-refractivity contribution in [1.82, 2.24) is 5.32 Å². The second kappa shape index (κ2) is 5.66. The first-order valence-corrected chi connectivity index (χ1v) is 7.09. The Balaban J connectivity index is 1.78. The predicted molar refractivity (Wildman–Crippen MR) is 67.4 cm³/mol. The van der Waals surface area contributed by atoms with Crippen LogP contribution in [0.15, 0.2) is 16.8 Å². The quantitative estimate of drug-likeness (QED) is 0.806. The highest BCUT2D eigenvalue weighted by Crippen LogP contribution is 2.29. The van der Waals surface area contributed by atoms with Crippen LogP contribution in [0.2, 0.25) is 0 Å². The van der Waals surface area contributed by atoms with E-state index in [9.17, 15) is 0 Å². The summed E-state index contributed by atoms with van der Waals surface area (Å²) in [6.45, 7) is 3.34. The average molecular weight is 223 g/mol. The Morgan fingerprint density at radius 2 is 2.40 bits per heavy atom. The predicted octanol–water partition coefficient (Wildman–Crippen LogP) is 3.46. The lowest BCUT2D eigenvalue weighted by molar-refractivity contribution is 0.386. The first-order chi connectivity index (χ1) is 7.40. The number of hydrogen-bond acceptors (Lipinski definition) is 2. The molecule has 15 heavy (non-hydrogen) atoms. The van der Waals surface area contributed by atoms with Crippen LogP contribution in [-0.4, -0.2) is 12.6 Å². The molecule has 0 aliphatic heterocycles. The monoisotopic (exact) mass is 223 g/mol. The van der Waals surface area contributed by atoms with Crippen LogP contribution >= 0.6 is 11.3 Å². The summed E-state index contributed by atoms with van der Waals surface area (Å²) < 4.78 is 0. The van der Waals surface area contributed by atoms with Gasteiger partial charge in [-0.2, -0.15) is 11.3 Å². The average Bonchev–Trinajstić information content (AvgIpc) is 2.85. The third-order valence-electron chi connectivity index (χ3n) is 3.51. The topological polar surface area (TPSA) is 12.0 Å². The van der Waals surface area contributed by atoms with Crippen LogP contribution in [-0.2, 0) is 6.42 Å². The van der Waals surface area contributed by atoms with Gasteiger partial charge < -0.3 is 5.32 Å². The Labute approximate surface area is 96.9 Å². The molecular weight excluding hydrogens is 202 g/mol. The van der Waals surface area contributed by atoms with Gasteiger partial charge in [-0.1, -0.05) is 13.3 Å². The molecule has 1 aromatic rings. The van der Waals surface area contributed by atoms with E-state index in [4.69, 9.17) is 0 Å². The molecule has 84 valence electrons. The molecule has 1 nitrogen and oxygen atoms in total. The molecule has 2 atom stereocenters. The minimum Gasteiger partial charge on any atom is -0.314 e. The molecule has 1 aromatic heterocycles. The fourth-order valence-corrected chi connectivity index (χ4v) is 3.40. The molecule has 1 saturated carbocycles. The van der Waals surface area contributed by atoms with Crippen molar-refractivity contribution in [2.45, 2.75) is 45.1 Å². The maximum atomic E-state index is 3.63. The highest BCUT2D eigenvalue weighted by molar-refractivity contribution is 7.07. The van der Waals surface area contributed by atoms with Crippen molar-refractivity contribution in [2.24, 2.45) is 5.92 Å². The van der Waals surface area contributed by atoms with Gasteiger partial charge in [0.05, 0.1) is 0 Å². The van der Waals surface area contributed by atoms with Crippen LogP contribution in [0.1, 0.15) is 38.2 Å². The molecule has 1 fully saturated rings. The zero-order valence-corrected chi connectivity index (χ0v) is 10.4. The normalized spacial score (nSPS) is 25.9. The van der Waals surface area contributed by atoms with E-state index in [0.717, 1.165) is 18.5 Å². The largest absolute Gasteiger partial charge is 0.314 e. The molecule has 0 spiro atoms. The van der Waals surface area contributed by atoms with E-state index in [2.05, 4.69) is 29.1 Å². The van der Waals surface area contributed by atoms with Crippen molar-refractivity contribution >= 4 is 11.3 Å². The number of aryl methyl sites for hydroxylation is 1. The number of hydrogen-bond donors (Lipinski definition) is 1. The maximum absolute atomic E-state index is 3.63. The molecule has 0 bridgehead atoms. The van der Waals surface area contributed by atoms with Gasteiger partial charge in [-0.25, -0.2) is 0 Å². The van der Waals surface area contributed by atoms with E-state index >= 15 is 0 Å². The van der Waals surface area contributed by atoms with Crippen molar-refractivity contribution in [3.8, 4) is 0 Å². The SMILES string of the molecule is CCNC1CCCC1CCc1ccsc1. The third-order valence-corrected chi connectivity index (χ3v) is 4.24. The Morgan fingerprint density at radius 1 is 1.47 bits per heavy atom.